The largest absolute Gasteiger partial charge is 0.329 e. The lowest BCUT2D eigenvalue weighted by Crippen LogP contribution is -2.47. The first-order valence-electron chi connectivity index (χ1n) is 6.18. The Balaban J connectivity index is 2.62. The van der Waals surface area contributed by atoms with Crippen LogP contribution in [-0.2, 0) is 10.0 Å². The van der Waals surface area contributed by atoms with Gasteiger partial charge in [0.25, 0.3) is 0 Å². The van der Waals surface area contributed by atoms with E-state index in [1.807, 2.05) is 13.8 Å². The normalized spacial score (nSPS) is 21.2. The zero-order chi connectivity index (χ0) is 12.2. The van der Waals surface area contributed by atoms with Crippen molar-refractivity contribution in [1.29, 1.82) is 0 Å². The summed E-state index contributed by atoms with van der Waals surface area (Å²) >= 11 is 0. The van der Waals surface area contributed by atoms with E-state index in [2.05, 4.69) is 4.72 Å². The topological polar surface area (TPSA) is 72.2 Å². The second kappa shape index (κ2) is 5.98. The van der Waals surface area contributed by atoms with Gasteiger partial charge in [0.05, 0.1) is 5.25 Å². The minimum atomic E-state index is -3.17. The van der Waals surface area contributed by atoms with Gasteiger partial charge >= 0.3 is 0 Å². The lowest BCUT2D eigenvalue weighted by molar-refractivity contribution is 0.434. The highest BCUT2D eigenvalue weighted by Gasteiger charge is 2.29. The fourth-order valence-electron chi connectivity index (χ4n) is 2.14. The standard InChI is InChI=1S/C11H24N2O2S/c1-9(2)11(8-12)13-16(14,15)10-6-4-3-5-7-10/h9-11,13H,3-8,12H2,1-2H3. The van der Waals surface area contributed by atoms with Crippen LogP contribution in [0, 0.1) is 5.92 Å². The summed E-state index contributed by atoms with van der Waals surface area (Å²) in [6, 6.07) is -0.132. The van der Waals surface area contributed by atoms with E-state index in [-0.39, 0.29) is 17.2 Å². The minimum Gasteiger partial charge on any atom is -0.329 e. The van der Waals surface area contributed by atoms with Gasteiger partial charge in [-0.1, -0.05) is 33.1 Å². The molecule has 0 aliphatic heterocycles. The molecule has 0 amide bonds. The van der Waals surface area contributed by atoms with Crippen LogP contribution in [0.3, 0.4) is 0 Å². The first kappa shape index (κ1) is 13.9. The summed E-state index contributed by atoms with van der Waals surface area (Å²) in [4.78, 5) is 0. The van der Waals surface area contributed by atoms with Gasteiger partial charge in [-0.2, -0.15) is 0 Å². The van der Waals surface area contributed by atoms with E-state index in [4.69, 9.17) is 5.73 Å². The maximum absolute atomic E-state index is 12.1. The lowest BCUT2D eigenvalue weighted by Gasteiger charge is -2.26. The lowest BCUT2D eigenvalue weighted by atomic mass is 10.0. The molecule has 4 nitrogen and oxygen atoms in total. The summed E-state index contributed by atoms with van der Waals surface area (Å²) in [6.07, 6.45) is 4.81. The maximum Gasteiger partial charge on any atom is 0.214 e. The van der Waals surface area contributed by atoms with Gasteiger partial charge in [0.2, 0.25) is 10.0 Å². The zero-order valence-electron chi connectivity index (χ0n) is 10.3. The number of hydrogen-bond donors (Lipinski definition) is 2. The van der Waals surface area contributed by atoms with E-state index in [1.54, 1.807) is 0 Å². The Bertz CT molecular complexity index is 295. The molecule has 0 aromatic rings. The predicted octanol–water partition coefficient (Wildman–Crippen LogP) is 1.22. The van der Waals surface area contributed by atoms with Crippen molar-refractivity contribution < 1.29 is 8.42 Å². The molecule has 0 bridgehead atoms. The molecule has 1 rings (SSSR count). The Kier molecular flexibility index (Phi) is 5.21. The Labute approximate surface area is 99.0 Å². The molecule has 1 fully saturated rings. The Morgan fingerprint density at radius 1 is 1.25 bits per heavy atom. The minimum absolute atomic E-state index is 0.132. The second-order valence-corrected chi connectivity index (χ2v) is 7.00. The molecule has 1 unspecified atom stereocenters. The van der Waals surface area contributed by atoms with Crippen LogP contribution in [0.4, 0.5) is 0 Å². The molecule has 0 spiro atoms. The third-order valence-corrected chi connectivity index (χ3v) is 5.35. The molecule has 5 heteroatoms. The van der Waals surface area contributed by atoms with Crippen LogP contribution in [0.25, 0.3) is 0 Å². The van der Waals surface area contributed by atoms with Gasteiger partial charge in [-0.05, 0) is 18.8 Å². The second-order valence-electron chi connectivity index (χ2n) is 5.01. The van der Waals surface area contributed by atoms with Crippen LogP contribution in [0.2, 0.25) is 0 Å². The molecule has 1 aliphatic rings. The van der Waals surface area contributed by atoms with Crippen molar-refractivity contribution in [3.05, 3.63) is 0 Å². The molecular weight excluding hydrogens is 224 g/mol. The van der Waals surface area contributed by atoms with E-state index in [0.717, 1.165) is 32.1 Å². The van der Waals surface area contributed by atoms with E-state index < -0.39 is 10.0 Å². The number of nitrogens with two attached hydrogens (primary N) is 1. The Morgan fingerprint density at radius 3 is 2.25 bits per heavy atom. The number of rotatable bonds is 5. The number of nitrogens with one attached hydrogen (secondary N) is 1. The fraction of sp³-hybridized carbons (Fsp3) is 1.00. The molecule has 0 aromatic heterocycles. The fourth-order valence-corrected chi connectivity index (χ4v) is 4.08. The molecule has 3 N–H and O–H groups in total. The van der Waals surface area contributed by atoms with Crippen molar-refractivity contribution in [2.75, 3.05) is 6.54 Å². The van der Waals surface area contributed by atoms with Gasteiger partial charge in [-0.3, -0.25) is 0 Å². The number of sulfonamides is 1. The van der Waals surface area contributed by atoms with Crippen molar-refractivity contribution in [2.24, 2.45) is 11.7 Å². The average Bonchev–Trinajstić information content (AvgIpc) is 2.27. The quantitative estimate of drug-likeness (QED) is 0.768. The van der Waals surface area contributed by atoms with Gasteiger partial charge in [0.15, 0.2) is 0 Å². The monoisotopic (exact) mass is 248 g/mol. The Morgan fingerprint density at radius 2 is 1.81 bits per heavy atom. The van der Waals surface area contributed by atoms with Gasteiger partial charge in [-0.15, -0.1) is 0 Å². The summed E-state index contributed by atoms with van der Waals surface area (Å²) < 4.78 is 26.9. The molecule has 0 aromatic carbocycles. The predicted molar refractivity (Wildman–Crippen MR) is 66.6 cm³/mol. The summed E-state index contributed by atoms with van der Waals surface area (Å²) in [6.45, 7) is 4.34. The van der Waals surface area contributed by atoms with Crippen LogP contribution in [0.5, 0.6) is 0 Å². The van der Waals surface area contributed by atoms with Crippen LogP contribution in [-0.4, -0.2) is 26.3 Å². The van der Waals surface area contributed by atoms with Crippen LogP contribution in [0.1, 0.15) is 46.0 Å². The summed E-state index contributed by atoms with van der Waals surface area (Å²) in [5, 5.41) is -0.200. The highest BCUT2D eigenvalue weighted by Crippen LogP contribution is 2.23. The first-order chi connectivity index (χ1) is 7.47. The van der Waals surface area contributed by atoms with Crippen LogP contribution >= 0.6 is 0 Å². The third kappa shape index (κ3) is 3.71. The molecule has 1 saturated carbocycles. The maximum atomic E-state index is 12.1. The molecule has 1 aliphatic carbocycles. The van der Waals surface area contributed by atoms with Gasteiger partial charge in [0.1, 0.15) is 0 Å². The SMILES string of the molecule is CC(C)C(CN)NS(=O)(=O)C1CCCCC1. The zero-order valence-corrected chi connectivity index (χ0v) is 11.1. The van der Waals surface area contributed by atoms with E-state index in [0.29, 0.717) is 6.54 Å². The average molecular weight is 248 g/mol. The summed E-state index contributed by atoms with van der Waals surface area (Å²) in [5.41, 5.74) is 5.58. The molecule has 1 atom stereocenters. The van der Waals surface area contributed by atoms with Crippen molar-refractivity contribution in [3.63, 3.8) is 0 Å². The van der Waals surface area contributed by atoms with E-state index >= 15 is 0 Å². The highest BCUT2D eigenvalue weighted by atomic mass is 32.2. The summed E-state index contributed by atoms with van der Waals surface area (Å²) in [5.74, 6) is 0.239. The smallest absolute Gasteiger partial charge is 0.214 e. The number of hydrogen-bond acceptors (Lipinski definition) is 3. The Hall–Kier alpha value is -0.130. The molecule has 0 heterocycles. The summed E-state index contributed by atoms with van der Waals surface area (Å²) in [7, 11) is -3.17. The van der Waals surface area contributed by atoms with Crippen molar-refractivity contribution in [2.45, 2.75) is 57.2 Å². The first-order valence-corrected chi connectivity index (χ1v) is 7.73. The van der Waals surface area contributed by atoms with Gasteiger partial charge in [0, 0.05) is 12.6 Å². The van der Waals surface area contributed by atoms with E-state index in [1.165, 1.54) is 0 Å². The van der Waals surface area contributed by atoms with Crippen LogP contribution < -0.4 is 10.5 Å². The highest BCUT2D eigenvalue weighted by molar-refractivity contribution is 7.90. The van der Waals surface area contributed by atoms with Crippen molar-refractivity contribution in [1.82, 2.24) is 4.72 Å². The molecule has 0 radical (unpaired) electrons. The third-order valence-electron chi connectivity index (χ3n) is 3.37. The van der Waals surface area contributed by atoms with Crippen molar-refractivity contribution >= 4 is 10.0 Å². The van der Waals surface area contributed by atoms with Crippen LogP contribution in [0.15, 0.2) is 0 Å². The van der Waals surface area contributed by atoms with E-state index in [9.17, 15) is 8.42 Å². The molecule has 0 saturated heterocycles. The van der Waals surface area contributed by atoms with Crippen molar-refractivity contribution in [3.8, 4) is 0 Å². The molecule has 96 valence electrons. The van der Waals surface area contributed by atoms with Gasteiger partial charge in [-0.25, -0.2) is 13.1 Å². The van der Waals surface area contributed by atoms with Gasteiger partial charge < -0.3 is 5.73 Å². The molecular formula is C11H24N2O2S. The molecule has 16 heavy (non-hydrogen) atoms.